The SMILES string of the molecule is COc1cc(F)ccc1CN[C@@H]1CC(C)(C)Cc2nc(N3CCOCC3)ncc21. The molecule has 2 heterocycles. The van der Waals surface area contributed by atoms with Gasteiger partial charge in [0, 0.05) is 49.1 Å². The lowest BCUT2D eigenvalue weighted by Gasteiger charge is -2.37. The second kappa shape index (κ2) is 8.24. The van der Waals surface area contributed by atoms with Crippen LogP contribution in [0.1, 0.15) is 43.1 Å². The third-order valence-corrected chi connectivity index (χ3v) is 5.75. The van der Waals surface area contributed by atoms with Crippen molar-refractivity contribution in [1.29, 1.82) is 0 Å². The molecule has 1 atom stereocenters. The summed E-state index contributed by atoms with van der Waals surface area (Å²) in [4.78, 5) is 11.8. The van der Waals surface area contributed by atoms with Crippen LogP contribution in [0.15, 0.2) is 24.4 Å². The number of nitrogens with zero attached hydrogens (tertiary/aromatic N) is 3. The predicted molar refractivity (Wildman–Crippen MR) is 110 cm³/mol. The smallest absolute Gasteiger partial charge is 0.225 e. The number of hydrogen-bond donors (Lipinski definition) is 1. The second-order valence-corrected chi connectivity index (χ2v) is 8.61. The van der Waals surface area contributed by atoms with Gasteiger partial charge in [-0.3, -0.25) is 0 Å². The van der Waals surface area contributed by atoms with Crippen molar-refractivity contribution in [2.24, 2.45) is 5.41 Å². The zero-order valence-corrected chi connectivity index (χ0v) is 17.4. The number of ether oxygens (including phenoxy) is 2. The lowest BCUT2D eigenvalue weighted by atomic mass is 9.74. The fraction of sp³-hybridized carbons (Fsp3) is 0.545. The van der Waals surface area contributed by atoms with Gasteiger partial charge in [-0.1, -0.05) is 19.9 Å². The molecule has 7 heteroatoms. The van der Waals surface area contributed by atoms with Crippen molar-refractivity contribution in [3.8, 4) is 5.75 Å². The van der Waals surface area contributed by atoms with Crippen LogP contribution >= 0.6 is 0 Å². The summed E-state index contributed by atoms with van der Waals surface area (Å²) in [5, 5.41) is 3.63. The summed E-state index contributed by atoms with van der Waals surface area (Å²) in [7, 11) is 1.57. The Morgan fingerprint density at radius 2 is 2.10 bits per heavy atom. The molecule has 1 fully saturated rings. The van der Waals surface area contributed by atoms with Gasteiger partial charge in [-0.25, -0.2) is 14.4 Å². The van der Waals surface area contributed by atoms with E-state index < -0.39 is 0 Å². The van der Waals surface area contributed by atoms with Crippen molar-refractivity contribution in [3.05, 3.63) is 47.0 Å². The Morgan fingerprint density at radius 3 is 2.86 bits per heavy atom. The summed E-state index contributed by atoms with van der Waals surface area (Å²) in [6.07, 6.45) is 3.89. The standard InChI is InChI=1S/C22H29FN4O2/c1-22(2)11-18(24-13-15-4-5-16(23)10-20(15)28-3)17-14-25-21(26-19(17)12-22)27-6-8-29-9-7-27/h4-5,10,14,18,24H,6-9,11-13H2,1-3H3/t18-/m1/s1. The van der Waals surface area contributed by atoms with Crippen LogP contribution in [0.4, 0.5) is 10.3 Å². The Labute approximate surface area is 171 Å². The summed E-state index contributed by atoms with van der Waals surface area (Å²) in [5.74, 6) is 1.06. The van der Waals surface area contributed by atoms with Crippen LogP contribution in [0, 0.1) is 11.2 Å². The van der Waals surface area contributed by atoms with Crippen LogP contribution < -0.4 is 15.0 Å². The number of halogens is 1. The van der Waals surface area contributed by atoms with Gasteiger partial charge in [-0.15, -0.1) is 0 Å². The van der Waals surface area contributed by atoms with Gasteiger partial charge in [0.25, 0.3) is 0 Å². The molecule has 2 aliphatic rings. The summed E-state index contributed by atoms with van der Waals surface area (Å²) in [5.41, 5.74) is 3.34. The maximum atomic E-state index is 13.5. The molecule has 1 aromatic carbocycles. The number of fused-ring (bicyclic) bond motifs is 1. The van der Waals surface area contributed by atoms with E-state index in [0.717, 1.165) is 61.9 Å². The summed E-state index contributed by atoms with van der Waals surface area (Å²) in [6, 6.07) is 4.81. The molecule has 156 valence electrons. The number of morpholine rings is 1. The topological polar surface area (TPSA) is 59.5 Å². The minimum Gasteiger partial charge on any atom is -0.496 e. The lowest BCUT2D eigenvalue weighted by molar-refractivity contribution is 0.122. The molecule has 0 radical (unpaired) electrons. The zero-order valence-electron chi connectivity index (χ0n) is 17.4. The molecule has 4 rings (SSSR count). The summed E-state index contributed by atoms with van der Waals surface area (Å²) >= 11 is 0. The van der Waals surface area contributed by atoms with E-state index in [1.165, 1.54) is 12.1 Å². The molecule has 6 nitrogen and oxygen atoms in total. The van der Waals surface area contributed by atoms with E-state index in [9.17, 15) is 4.39 Å². The largest absolute Gasteiger partial charge is 0.496 e. The Balaban J connectivity index is 1.55. The van der Waals surface area contributed by atoms with E-state index in [4.69, 9.17) is 14.5 Å². The Morgan fingerprint density at radius 1 is 1.31 bits per heavy atom. The van der Waals surface area contributed by atoms with E-state index in [1.807, 2.05) is 6.20 Å². The maximum absolute atomic E-state index is 13.5. The first-order chi connectivity index (χ1) is 13.9. The molecular formula is C22H29FN4O2. The van der Waals surface area contributed by atoms with Crippen molar-refractivity contribution in [2.75, 3.05) is 38.3 Å². The van der Waals surface area contributed by atoms with Gasteiger partial charge in [0.2, 0.25) is 5.95 Å². The van der Waals surface area contributed by atoms with Crippen LogP contribution in [0.5, 0.6) is 5.75 Å². The molecule has 29 heavy (non-hydrogen) atoms. The van der Waals surface area contributed by atoms with E-state index in [1.54, 1.807) is 13.2 Å². The minimum atomic E-state index is -0.293. The quantitative estimate of drug-likeness (QED) is 0.831. The van der Waals surface area contributed by atoms with E-state index in [0.29, 0.717) is 12.3 Å². The highest BCUT2D eigenvalue weighted by Crippen LogP contribution is 2.40. The van der Waals surface area contributed by atoms with Crippen molar-refractivity contribution in [2.45, 2.75) is 39.3 Å². The molecule has 1 aliphatic heterocycles. The van der Waals surface area contributed by atoms with Crippen molar-refractivity contribution < 1.29 is 13.9 Å². The number of methoxy groups -OCH3 is 1. The van der Waals surface area contributed by atoms with Gasteiger partial charge in [0.1, 0.15) is 11.6 Å². The molecule has 2 aromatic rings. The van der Waals surface area contributed by atoms with Gasteiger partial charge in [-0.05, 0) is 24.3 Å². The van der Waals surface area contributed by atoms with E-state index in [-0.39, 0.29) is 17.3 Å². The van der Waals surface area contributed by atoms with Crippen LogP contribution in [0.3, 0.4) is 0 Å². The molecule has 1 aromatic heterocycles. The van der Waals surface area contributed by atoms with Crippen LogP contribution in [0.2, 0.25) is 0 Å². The van der Waals surface area contributed by atoms with Crippen molar-refractivity contribution in [3.63, 3.8) is 0 Å². The molecule has 0 spiro atoms. The summed E-state index contributed by atoms with van der Waals surface area (Å²) in [6.45, 7) is 8.24. The fourth-order valence-corrected chi connectivity index (χ4v) is 4.23. The predicted octanol–water partition coefficient (Wildman–Crippen LogP) is 3.26. The third kappa shape index (κ3) is 4.51. The Hall–Kier alpha value is -2.25. The van der Waals surface area contributed by atoms with Crippen LogP contribution in [-0.2, 0) is 17.7 Å². The van der Waals surface area contributed by atoms with Gasteiger partial charge in [-0.2, -0.15) is 0 Å². The van der Waals surface area contributed by atoms with Crippen LogP contribution in [0.25, 0.3) is 0 Å². The first-order valence-electron chi connectivity index (χ1n) is 10.2. The Bertz CT molecular complexity index is 868. The molecule has 0 bridgehead atoms. The molecule has 0 saturated carbocycles. The maximum Gasteiger partial charge on any atom is 0.225 e. The van der Waals surface area contributed by atoms with Crippen molar-refractivity contribution in [1.82, 2.24) is 15.3 Å². The van der Waals surface area contributed by atoms with Gasteiger partial charge >= 0.3 is 0 Å². The highest BCUT2D eigenvalue weighted by Gasteiger charge is 2.34. The average molecular weight is 400 g/mol. The monoisotopic (exact) mass is 400 g/mol. The molecule has 0 amide bonds. The molecule has 1 N–H and O–H groups in total. The first-order valence-corrected chi connectivity index (χ1v) is 10.2. The number of anilines is 1. The molecule has 0 unspecified atom stereocenters. The van der Waals surface area contributed by atoms with Crippen molar-refractivity contribution >= 4 is 5.95 Å². The zero-order chi connectivity index (χ0) is 20.4. The molecule has 1 aliphatic carbocycles. The minimum absolute atomic E-state index is 0.133. The van der Waals surface area contributed by atoms with Gasteiger partial charge < -0.3 is 19.7 Å². The third-order valence-electron chi connectivity index (χ3n) is 5.75. The number of rotatable bonds is 5. The average Bonchev–Trinajstić information content (AvgIpc) is 2.72. The van der Waals surface area contributed by atoms with E-state index >= 15 is 0 Å². The van der Waals surface area contributed by atoms with Gasteiger partial charge in [0.05, 0.1) is 26.0 Å². The number of benzene rings is 1. The fourth-order valence-electron chi connectivity index (χ4n) is 4.23. The molecule has 1 saturated heterocycles. The number of hydrogen-bond acceptors (Lipinski definition) is 6. The second-order valence-electron chi connectivity index (χ2n) is 8.61. The van der Waals surface area contributed by atoms with Crippen LogP contribution in [-0.4, -0.2) is 43.4 Å². The Kier molecular flexibility index (Phi) is 5.69. The molecular weight excluding hydrogens is 371 g/mol. The van der Waals surface area contributed by atoms with Gasteiger partial charge in [0.15, 0.2) is 0 Å². The van der Waals surface area contributed by atoms with E-state index in [2.05, 4.69) is 29.0 Å². The normalized spacial score (nSPS) is 21.0. The lowest BCUT2D eigenvalue weighted by Crippen LogP contribution is -2.39. The highest BCUT2D eigenvalue weighted by molar-refractivity contribution is 5.37. The number of nitrogens with one attached hydrogen (secondary N) is 1. The number of aromatic nitrogens is 2. The summed E-state index contributed by atoms with van der Waals surface area (Å²) < 4.78 is 24.3. The first kappa shape index (κ1) is 20.0. The highest BCUT2D eigenvalue weighted by atomic mass is 19.1.